The number of benzene rings is 1. The molecule has 1 amide bonds. The van der Waals surface area contributed by atoms with Crippen molar-refractivity contribution in [2.75, 3.05) is 7.11 Å². The number of methoxy groups -OCH3 is 1. The molecule has 2 N–H and O–H groups in total. The highest BCUT2D eigenvalue weighted by molar-refractivity contribution is 5.94. The van der Waals surface area contributed by atoms with Gasteiger partial charge in [-0.3, -0.25) is 4.79 Å². The van der Waals surface area contributed by atoms with Crippen molar-refractivity contribution in [3.63, 3.8) is 0 Å². The molecule has 2 aliphatic rings. The molecule has 2 bridgehead atoms. The molecule has 2 saturated heterocycles. The third kappa shape index (κ3) is 2.94. The van der Waals surface area contributed by atoms with Crippen molar-refractivity contribution in [2.24, 2.45) is 0 Å². The molecule has 2 fully saturated rings. The summed E-state index contributed by atoms with van der Waals surface area (Å²) in [5.41, 5.74) is 0.614. The number of nitrogens with zero attached hydrogens (tertiary/aromatic N) is 1. The molecule has 2 aromatic rings. The Hall–Kier alpha value is -2.54. The predicted octanol–water partition coefficient (Wildman–Crippen LogP) is 2.10. The maximum absolute atomic E-state index is 12.4. The Labute approximate surface area is 139 Å². The second-order valence-corrected chi connectivity index (χ2v) is 6.18. The zero-order valence-corrected chi connectivity index (χ0v) is 13.3. The normalized spacial score (nSPS) is 24.8. The molecule has 4 rings (SSSR count). The van der Waals surface area contributed by atoms with Gasteiger partial charge in [-0.05, 0) is 48.7 Å². The largest absolute Gasteiger partial charge is 0.467 e. The Bertz CT molecular complexity index is 728. The van der Waals surface area contributed by atoms with Gasteiger partial charge in [0, 0.05) is 23.7 Å². The van der Waals surface area contributed by atoms with Gasteiger partial charge in [-0.25, -0.2) is 0 Å². The molecule has 0 saturated carbocycles. The smallest absolute Gasteiger partial charge is 0.314 e. The highest BCUT2D eigenvalue weighted by Crippen LogP contribution is 2.28. The lowest BCUT2D eigenvalue weighted by atomic mass is 9.95. The third-order valence-electron chi connectivity index (χ3n) is 4.62. The van der Waals surface area contributed by atoms with Crippen molar-refractivity contribution in [3.05, 3.63) is 35.9 Å². The third-order valence-corrected chi connectivity index (χ3v) is 4.62. The number of rotatable bonds is 5. The minimum absolute atomic E-state index is 0.0518. The minimum atomic E-state index is -0.0518. The molecule has 7 heteroatoms. The Morgan fingerprint density at radius 3 is 2.79 bits per heavy atom. The van der Waals surface area contributed by atoms with Gasteiger partial charge in [0.05, 0.1) is 13.2 Å². The SMILES string of the molecule is COc1cc(Oc2ccc(C(=O)NC3CC4CCC3N4)cc2)no1. The molecule has 3 unspecified atom stereocenters. The molecule has 1 aromatic carbocycles. The van der Waals surface area contributed by atoms with E-state index in [1.807, 2.05) is 0 Å². The summed E-state index contributed by atoms with van der Waals surface area (Å²) >= 11 is 0. The van der Waals surface area contributed by atoms with Gasteiger partial charge < -0.3 is 24.6 Å². The lowest BCUT2D eigenvalue weighted by molar-refractivity contribution is 0.0931. The highest BCUT2D eigenvalue weighted by Gasteiger charge is 2.39. The van der Waals surface area contributed by atoms with Crippen molar-refractivity contribution < 1.29 is 18.8 Å². The number of hydrogen-bond acceptors (Lipinski definition) is 6. The maximum Gasteiger partial charge on any atom is 0.314 e. The number of aromatic nitrogens is 1. The van der Waals surface area contributed by atoms with Gasteiger partial charge in [-0.1, -0.05) is 0 Å². The summed E-state index contributed by atoms with van der Waals surface area (Å²) in [4.78, 5) is 12.4. The van der Waals surface area contributed by atoms with Gasteiger partial charge in [0.2, 0.25) is 0 Å². The fourth-order valence-corrected chi connectivity index (χ4v) is 3.42. The monoisotopic (exact) mass is 329 g/mol. The van der Waals surface area contributed by atoms with Crippen LogP contribution in [0.1, 0.15) is 29.6 Å². The van der Waals surface area contributed by atoms with Gasteiger partial charge >= 0.3 is 5.95 Å². The van der Waals surface area contributed by atoms with Crippen molar-refractivity contribution >= 4 is 5.91 Å². The van der Waals surface area contributed by atoms with E-state index in [2.05, 4.69) is 15.8 Å². The molecule has 126 valence electrons. The number of fused-ring (bicyclic) bond motifs is 2. The molecule has 0 spiro atoms. The van der Waals surface area contributed by atoms with Crippen LogP contribution < -0.4 is 20.1 Å². The summed E-state index contributed by atoms with van der Waals surface area (Å²) in [7, 11) is 1.49. The topological polar surface area (TPSA) is 85.6 Å². The summed E-state index contributed by atoms with van der Waals surface area (Å²) in [6, 6.07) is 9.70. The number of amides is 1. The van der Waals surface area contributed by atoms with E-state index < -0.39 is 0 Å². The zero-order valence-electron chi connectivity index (χ0n) is 13.3. The van der Waals surface area contributed by atoms with Crippen LogP contribution in [-0.4, -0.2) is 36.3 Å². The van der Waals surface area contributed by atoms with Crippen molar-refractivity contribution in [3.8, 4) is 17.6 Å². The summed E-state index contributed by atoms with van der Waals surface area (Å²) in [5.74, 6) is 1.10. The van der Waals surface area contributed by atoms with Gasteiger partial charge in [-0.15, -0.1) is 0 Å². The van der Waals surface area contributed by atoms with E-state index in [1.54, 1.807) is 30.3 Å². The zero-order chi connectivity index (χ0) is 16.5. The van der Waals surface area contributed by atoms with E-state index >= 15 is 0 Å². The van der Waals surface area contributed by atoms with Gasteiger partial charge in [-0.2, -0.15) is 0 Å². The first kappa shape index (κ1) is 15.0. The van der Waals surface area contributed by atoms with Crippen LogP contribution in [0.25, 0.3) is 0 Å². The van der Waals surface area contributed by atoms with Crippen molar-refractivity contribution in [1.29, 1.82) is 0 Å². The van der Waals surface area contributed by atoms with Crippen molar-refractivity contribution in [1.82, 2.24) is 15.8 Å². The van der Waals surface area contributed by atoms with Crippen LogP contribution >= 0.6 is 0 Å². The number of carbonyl (C=O) groups is 1. The van der Waals surface area contributed by atoms with E-state index in [9.17, 15) is 4.79 Å². The second-order valence-electron chi connectivity index (χ2n) is 6.18. The molecule has 3 atom stereocenters. The Kier molecular flexibility index (Phi) is 3.86. The standard InChI is InChI=1S/C17H19N3O4/c1-22-16-9-15(20-24-16)23-12-5-2-10(3-6-12)17(21)19-14-8-11-4-7-13(14)18-11/h2-3,5-6,9,11,13-14,18H,4,7-8H2,1H3,(H,19,21). The molecule has 0 aliphatic carbocycles. The molecule has 1 aromatic heterocycles. The van der Waals surface area contributed by atoms with Crippen LogP contribution in [0, 0.1) is 0 Å². The Balaban J connectivity index is 1.37. The molecule has 0 radical (unpaired) electrons. The summed E-state index contributed by atoms with van der Waals surface area (Å²) in [6.45, 7) is 0. The van der Waals surface area contributed by atoms with E-state index in [0.29, 0.717) is 29.3 Å². The van der Waals surface area contributed by atoms with Crippen LogP contribution in [0.3, 0.4) is 0 Å². The fraction of sp³-hybridized carbons (Fsp3) is 0.412. The number of hydrogen-bond donors (Lipinski definition) is 2. The number of ether oxygens (including phenoxy) is 2. The maximum atomic E-state index is 12.4. The summed E-state index contributed by atoms with van der Waals surface area (Å²) in [5, 5.41) is 10.4. The molecule has 7 nitrogen and oxygen atoms in total. The van der Waals surface area contributed by atoms with E-state index in [4.69, 9.17) is 14.0 Å². The second kappa shape index (κ2) is 6.16. The number of nitrogens with one attached hydrogen (secondary N) is 2. The van der Waals surface area contributed by atoms with Crippen LogP contribution in [-0.2, 0) is 0 Å². The average Bonchev–Trinajstić information content (AvgIpc) is 3.32. The molecular weight excluding hydrogens is 310 g/mol. The van der Waals surface area contributed by atoms with Crippen LogP contribution in [0.4, 0.5) is 0 Å². The van der Waals surface area contributed by atoms with E-state index in [0.717, 1.165) is 12.8 Å². The van der Waals surface area contributed by atoms with Crippen molar-refractivity contribution in [2.45, 2.75) is 37.4 Å². The van der Waals surface area contributed by atoms with Crippen LogP contribution in [0.15, 0.2) is 34.9 Å². The summed E-state index contributed by atoms with van der Waals surface area (Å²) < 4.78 is 15.3. The van der Waals surface area contributed by atoms with Crippen LogP contribution in [0.2, 0.25) is 0 Å². The quantitative estimate of drug-likeness (QED) is 0.874. The number of carbonyl (C=O) groups excluding carboxylic acids is 1. The molecule has 2 aliphatic heterocycles. The first-order valence-corrected chi connectivity index (χ1v) is 8.07. The minimum Gasteiger partial charge on any atom is -0.467 e. The summed E-state index contributed by atoms with van der Waals surface area (Å²) in [6.07, 6.45) is 3.38. The Morgan fingerprint density at radius 1 is 1.33 bits per heavy atom. The van der Waals surface area contributed by atoms with Gasteiger partial charge in [0.1, 0.15) is 5.75 Å². The lowest BCUT2D eigenvalue weighted by Crippen LogP contribution is -2.42. The van der Waals surface area contributed by atoms with Gasteiger partial charge in [0.15, 0.2) is 0 Å². The molecular formula is C17H19N3O4. The Morgan fingerprint density at radius 2 is 2.17 bits per heavy atom. The first-order chi connectivity index (χ1) is 11.7. The van der Waals surface area contributed by atoms with E-state index in [1.165, 1.54) is 13.5 Å². The molecule has 3 heterocycles. The first-order valence-electron chi connectivity index (χ1n) is 8.07. The average molecular weight is 329 g/mol. The highest BCUT2D eigenvalue weighted by atomic mass is 16.6. The predicted molar refractivity (Wildman–Crippen MR) is 85.4 cm³/mol. The lowest BCUT2D eigenvalue weighted by Gasteiger charge is -2.21. The fourth-order valence-electron chi connectivity index (χ4n) is 3.42. The molecule has 24 heavy (non-hydrogen) atoms. The van der Waals surface area contributed by atoms with E-state index in [-0.39, 0.29) is 17.9 Å². The van der Waals surface area contributed by atoms with Gasteiger partial charge in [0.25, 0.3) is 11.8 Å². The van der Waals surface area contributed by atoms with Crippen LogP contribution in [0.5, 0.6) is 17.6 Å².